The van der Waals surface area contributed by atoms with E-state index in [1.165, 1.54) is 11.8 Å². The van der Waals surface area contributed by atoms with Gasteiger partial charge in [-0.05, 0) is 38.5 Å². The van der Waals surface area contributed by atoms with Crippen molar-refractivity contribution >= 4 is 29.3 Å². The fraction of sp³-hybridized carbons (Fsp3) is 0.318. The summed E-state index contributed by atoms with van der Waals surface area (Å²) in [5.74, 6) is 1.16. The lowest BCUT2D eigenvalue weighted by atomic mass is 10.2. The van der Waals surface area contributed by atoms with Crippen LogP contribution >= 0.6 is 23.4 Å². The van der Waals surface area contributed by atoms with Crippen LogP contribution in [-0.2, 0) is 17.9 Å². The zero-order valence-corrected chi connectivity index (χ0v) is 18.5. The van der Waals surface area contributed by atoms with E-state index in [1.807, 2.05) is 84.8 Å². The highest BCUT2D eigenvalue weighted by Gasteiger charge is 2.20. The van der Waals surface area contributed by atoms with Crippen LogP contribution in [0.25, 0.3) is 11.4 Å². The standard InChI is InChI=1S/C22H25ClN4OS/c1-4-26-21(18-11-8-12-19(23)13-18)24-25-22(26)29-15-20(28)27(16(2)3)14-17-9-6-5-7-10-17/h5-13,16H,4,14-15H2,1-3H3. The van der Waals surface area contributed by atoms with Crippen LogP contribution in [0.1, 0.15) is 26.3 Å². The molecule has 0 unspecified atom stereocenters. The fourth-order valence-corrected chi connectivity index (χ4v) is 4.15. The molecule has 1 heterocycles. The molecule has 0 aliphatic rings. The number of nitrogens with zero attached hydrogens (tertiary/aromatic N) is 4. The van der Waals surface area contributed by atoms with Crippen molar-refractivity contribution in [3.05, 3.63) is 65.2 Å². The van der Waals surface area contributed by atoms with Crippen molar-refractivity contribution in [2.75, 3.05) is 5.75 Å². The Kier molecular flexibility index (Phi) is 7.34. The molecule has 0 saturated heterocycles. The molecule has 0 atom stereocenters. The van der Waals surface area contributed by atoms with E-state index < -0.39 is 0 Å². The van der Waals surface area contributed by atoms with Crippen LogP contribution < -0.4 is 0 Å². The summed E-state index contributed by atoms with van der Waals surface area (Å²) >= 11 is 7.54. The van der Waals surface area contributed by atoms with Crippen LogP contribution in [0.4, 0.5) is 0 Å². The van der Waals surface area contributed by atoms with E-state index in [9.17, 15) is 4.79 Å². The number of hydrogen-bond donors (Lipinski definition) is 0. The predicted molar refractivity (Wildman–Crippen MR) is 119 cm³/mol. The quantitative estimate of drug-likeness (QED) is 0.465. The molecular weight excluding hydrogens is 404 g/mol. The Morgan fingerprint density at radius 1 is 1.14 bits per heavy atom. The first-order chi connectivity index (χ1) is 14.0. The summed E-state index contributed by atoms with van der Waals surface area (Å²) in [6, 6.07) is 17.7. The molecule has 0 radical (unpaired) electrons. The molecule has 5 nitrogen and oxygen atoms in total. The number of carbonyl (C=O) groups excluding carboxylic acids is 1. The molecule has 3 aromatic rings. The molecule has 0 aliphatic carbocycles. The van der Waals surface area contributed by atoms with E-state index in [2.05, 4.69) is 10.2 Å². The average molecular weight is 429 g/mol. The van der Waals surface area contributed by atoms with Crippen molar-refractivity contribution in [2.24, 2.45) is 0 Å². The summed E-state index contributed by atoms with van der Waals surface area (Å²) in [6.07, 6.45) is 0. The number of carbonyl (C=O) groups is 1. The van der Waals surface area contributed by atoms with E-state index in [0.717, 1.165) is 22.1 Å². The molecule has 1 aromatic heterocycles. The Bertz CT molecular complexity index is 958. The Morgan fingerprint density at radius 2 is 1.90 bits per heavy atom. The van der Waals surface area contributed by atoms with Gasteiger partial charge < -0.3 is 9.47 Å². The summed E-state index contributed by atoms with van der Waals surface area (Å²) < 4.78 is 2.01. The molecule has 152 valence electrons. The molecular formula is C22H25ClN4OS. The van der Waals surface area contributed by atoms with Gasteiger partial charge in [-0.25, -0.2) is 0 Å². The summed E-state index contributed by atoms with van der Waals surface area (Å²) in [4.78, 5) is 14.8. The first-order valence-electron chi connectivity index (χ1n) is 9.65. The number of hydrogen-bond acceptors (Lipinski definition) is 4. The minimum Gasteiger partial charge on any atom is -0.335 e. The van der Waals surface area contributed by atoms with Crippen molar-refractivity contribution in [3.8, 4) is 11.4 Å². The zero-order valence-electron chi connectivity index (χ0n) is 16.9. The third-order valence-corrected chi connectivity index (χ3v) is 5.77. The maximum Gasteiger partial charge on any atom is 0.233 e. The maximum absolute atomic E-state index is 12.9. The third-order valence-electron chi connectivity index (χ3n) is 4.58. The van der Waals surface area contributed by atoms with Gasteiger partial charge in [0.25, 0.3) is 0 Å². The lowest BCUT2D eigenvalue weighted by Gasteiger charge is -2.26. The van der Waals surface area contributed by atoms with E-state index in [0.29, 0.717) is 23.9 Å². The molecule has 0 N–H and O–H groups in total. The molecule has 0 fully saturated rings. The Hall–Kier alpha value is -2.31. The van der Waals surface area contributed by atoms with Gasteiger partial charge in [0.15, 0.2) is 11.0 Å². The number of amides is 1. The molecule has 29 heavy (non-hydrogen) atoms. The molecule has 7 heteroatoms. The van der Waals surface area contributed by atoms with Gasteiger partial charge in [0.2, 0.25) is 5.91 Å². The maximum atomic E-state index is 12.9. The number of benzene rings is 2. The first-order valence-corrected chi connectivity index (χ1v) is 11.0. The summed E-state index contributed by atoms with van der Waals surface area (Å²) in [5, 5.41) is 10.0. The lowest BCUT2D eigenvalue weighted by molar-refractivity contribution is -0.130. The van der Waals surface area contributed by atoms with Crippen LogP contribution in [0.15, 0.2) is 59.8 Å². The molecule has 0 saturated carbocycles. The first kappa shape index (κ1) is 21.4. The Balaban J connectivity index is 1.72. The molecule has 0 spiro atoms. The smallest absolute Gasteiger partial charge is 0.233 e. The normalized spacial score (nSPS) is 11.1. The van der Waals surface area contributed by atoms with Crippen molar-refractivity contribution in [1.29, 1.82) is 0 Å². The minimum atomic E-state index is 0.0869. The van der Waals surface area contributed by atoms with Crippen LogP contribution in [0.2, 0.25) is 5.02 Å². The summed E-state index contributed by atoms with van der Waals surface area (Å²) in [5.41, 5.74) is 2.04. The molecule has 0 aliphatic heterocycles. The van der Waals surface area contributed by atoms with Crippen molar-refractivity contribution in [3.63, 3.8) is 0 Å². The second-order valence-corrected chi connectivity index (χ2v) is 8.33. The van der Waals surface area contributed by atoms with Crippen molar-refractivity contribution in [1.82, 2.24) is 19.7 Å². The minimum absolute atomic E-state index is 0.0869. The summed E-state index contributed by atoms with van der Waals surface area (Å²) in [6.45, 7) is 7.43. The van der Waals surface area contributed by atoms with Crippen LogP contribution in [0, 0.1) is 0 Å². The lowest BCUT2D eigenvalue weighted by Crippen LogP contribution is -2.37. The van der Waals surface area contributed by atoms with Gasteiger partial charge >= 0.3 is 0 Å². The van der Waals surface area contributed by atoms with Gasteiger partial charge in [-0.3, -0.25) is 4.79 Å². The number of rotatable bonds is 8. The largest absolute Gasteiger partial charge is 0.335 e. The van der Waals surface area contributed by atoms with E-state index in [4.69, 9.17) is 11.6 Å². The monoisotopic (exact) mass is 428 g/mol. The fourth-order valence-electron chi connectivity index (χ4n) is 3.07. The van der Waals surface area contributed by atoms with E-state index >= 15 is 0 Å². The highest BCUT2D eigenvalue weighted by molar-refractivity contribution is 7.99. The van der Waals surface area contributed by atoms with E-state index in [1.54, 1.807) is 0 Å². The number of halogens is 1. The Morgan fingerprint density at radius 3 is 2.55 bits per heavy atom. The van der Waals surface area contributed by atoms with Crippen LogP contribution in [-0.4, -0.2) is 37.4 Å². The molecule has 3 rings (SSSR count). The highest BCUT2D eigenvalue weighted by Crippen LogP contribution is 2.26. The second-order valence-electron chi connectivity index (χ2n) is 6.95. The summed E-state index contributed by atoms with van der Waals surface area (Å²) in [7, 11) is 0. The van der Waals surface area contributed by atoms with Crippen LogP contribution in [0.3, 0.4) is 0 Å². The van der Waals surface area contributed by atoms with Gasteiger partial charge in [0, 0.05) is 29.7 Å². The second kappa shape index (κ2) is 9.94. The topological polar surface area (TPSA) is 51.0 Å². The van der Waals surface area contributed by atoms with Gasteiger partial charge in [0.1, 0.15) is 0 Å². The number of thioether (sulfide) groups is 1. The van der Waals surface area contributed by atoms with E-state index in [-0.39, 0.29) is 11.9 Å². The molecule has 2 aromatic carbocycles. The predicted octanol–water partition coefficient (Wildman–Crippen LogP) is 5.15. The van der Waals surface area contributed by atoms with Crippen molar-refractivity contribution in [2.45, 2.75) is 45.1 Å². The van der Waals surface area contributed by atoms with Gasteiger partial charge in [-0.15, -0.1) is 10.2 Å². The highest BCUT2D eigenvalue weighted by atomic mass is 35.5. The zero-order chi connectivity index (χ0) is 20.8. The Labute approximate surface area is 181 Å². The van der Waals surface area contributed by atoms with Gasteiger partial charge in [-0.2, -0.15) is 0 Å². The van der Waals surface area contributed by atoms with Crippen molar-refractivity contribution < 1.29 is 4.79 Å². The average Bonchev–Trinajstić information content (AvgIpc) is 3.13. The van der Waals surface area contributed by atoms with Crippen LogP contribution in [0.5, 0.6) is 0 Å². The SMILES string of the molecule is CCn1c(SCC(=O)N(Cc2ccccc2)C(C)C)nnc1-c1cccc(Cl)c1. The third kappa shape index (κ3) is 5.40. The molecule has 1 amide bonds. The van der Waals surface area contributed by atoms with Gasteiger partial charge in [0.05, 0.1) is 5.75 Å². The van der Waals surface area contributed by atoms with Gasteiger partial charge in [-0.1, -0.05) is 65.8 Å². The molecule has 0 bridgehead atoms. The number of aromatic nitrogens is 3.